The Morgan fingerprint density at radius 3 is 2.16 bits per heavy atom. The van der Waals surface area contributed by atoms with Gasteiger partial charge in [0.05, 0.1) is 10.6 Å². The number of nitrogens with one attached hydrogen (secondary N) is 1. The number of benzene rings is 3. The summed E-state index contributed by atoms with van der Waals surface area (Å²) in [6.45, 7) is 6.56. The van der Waals surface area contributed by atoms with Gasteiger partial charge in [-0.2, -0.15) is 0 Å². The monoisotopic (exact) mass is 575 g/mol. The largest absolute Gasteiger partial charge is 0.350 e. The fourth-order valence-electron chi connectivity index (χ4n) is 3.75. The molecule has 38 heavy (non-hydrogen) atoms. The fourth-order valence-corrected chi connectivity index (χ4v) is 5.55. The van der Waals surface area contributed by atoms with Crippen LogP contribution in [0.1, 0.15) is 33.3 Å². The van der Waals surface area contributed by atoms with Gasteiger partial charge in [0, 0.05) is 22.1 Å². The molecule has 0 radical (unpaired) electrons. The number of anilines is 1. The van der Waals surface area contributed by atoms with Crippen LogP contribution < -0.4 is 9.62 Å². The van der Waals surface area contributed by atoms with Gasteiger partial charge in [0.15, 0.2) is 0 Å². The number of hydrogen-bond donors (Lipinski definition) is 1. The molecule has 0 aliphatic heterocycles. The van der Waals surface area contributed by atoms with E-state index in [9.17, 15) is 18.0 Å². The summed E-state index contributed by atoms with van der Waals surface area (Å²) in [6.07, 6.45) is 0. The van der Waals surface area contributed by atoms with Crippen molar-refractivity contribution in [2.75, 3.05) is 10.8 Å². The van der Waals surface area contributed by atoms with Crippen LogP contribution in [-0.2, 0) is 26.2 Å². The van der Waals surface area contributed by atoms with Gasteiger partial charge in [0.1, 0.15) is 12.6 Å². The highest BCUT2D eigenvalue weighted by Gasteiger charge is 2.33. The Morgan fingerprint density at radius 1 is 0.921 bits per heavy atom. The first-order chi connectivity index (χ1) is 17.8. The Balaban J connectivity index is 2.04. The highest BCUT2D eigenvalue weighted by molar-refractivity contribution is 7.92. The van der Waals surface area contributed by atoms with E-state index in [1.54, 1.807) is 67.6 Å². The maximum atomic E-state index is 13.9. The van der Waals surface area contributed by atoms with E-state index in [-0.39, 0.29) is 23.0 Å². The predicted molar refractivity (Wildman–Crippen MR) is 152 cm³/mol. The topological polar surface area (TPSA) is 86.8 Å². The average molecular weight is 577 g/mol. The number of halogens is 2. The lowest BCUT2D eigenvalue weighted by Crippen LogP contribution is -2.54. The van der Waals surface area contributed by atoms with Crippen LogP contribution in [0.3, 0.4) is 0 Å². The van der Waals surface area contributed by atoms with Crippen molar-refractivity contribution in [3.8, 4) is 0 Å². The zero-order chi connectivity index (χ0) is 28.1. The normalized spacial score (nSPS) is 12.5. The summed E-state index contributed by atoms with van der Waals surface area (Å²) in [5, 5.41) is 3.63. The quantitative estimate of drug-likeness (QED) is 0.364. The van der Waals surface area contributed by atoms with Crippen LogP contribution in [0.4, 0.5) is 5.69 Å². The molecule has 1 atom stereocenters. The molecule has 3 aromatic carbocycles. The third kappa shape index (κ3) is 7.49. The summed E-state index contributed by atoms with van der Waals surface area (Å²) in [6, 6.07) is 20.2. The highest BCUT2D eigenvalue weighted by Crippen LogP contribution is 2.27. The van der Waals surface area contributed by atoms with Crippen molar-refractivity contribution < 1.29 is 18.0 Å². The van der Waals surface area contributed by atoms with Gasteiger partial charge in [-0.1, -0.05) is 65.7 Å². The lowest BCUT2D eigenvalue weighted by atomic mass is 10.1. The zero-order valence-corrected chi connectivity index (χ0v) is 24.0. The molecule has 7 nitrogen and oxygen atoms in total. The lowest BCUT2D eigenvalue weighted by molar-refractivity contribution is -0.140. The second-order valence-corrected chi connectivity index (χ2v) is 12.5. The number of carbonyl (C=O) groups is 2. The minimum absolute atomic E-state index is 0.00596. The predicted octanol–water partition coefficient (Wildman–Crippen LogP) is 5.52. The smallest absolute Gasteiger partial charge is 0.264 e. The van der Waals surface area contributed by atoms with Crippen LogP contribution in [-0.4, -0.2) is 43.3 Å². The molecular formula is C28H31Cl2N3O4S. The molecule has 3 aromatic rings. The Labute approximate surface area is 234 Å². The lowest BCUT2D eigenvalue weighted by Gasteiger charge is -2.33. The molecule has 202 valence electrons. The van der Waals surface area contributed by atoms with Crippen molar-refractivity contribution >= 4 is 50.7 Å². The molecule has 0 aromatic heterocycles. The number of rotatable bonds is 9. The molecule has 0 bridgehead atoms. The van der Waals surface area contributed by atoms with Gasteiger partial charge in [-0.3, -0.25) is 13.9 Å². The van der Waals surface area contributed by atoms with Crippen molar-refractivity contribution in [3.05, 3.63) is 94.5 Å². The van der Waals surface area contributed by atoms with Crippen LogP contribution in [0.2, 0.25) is 10.0 Å². The Hall–Kier alpha value is -3.07. The van der Waals surface area contributed by atoms with Gasteiger partial charge in [-0.15, -0.1) is 0 Å². The Kier molecular flexibility index (Phi) is 9.46. The molecule has 0 spiro atoms. The molecule has 10 heteroatoms. The van der Waals surface area contributed by atoms with Crippen molar-refractivity contribution in [2.45, 2.75) is 50.7 Å². The number of nitrogens with zero attached hydrogens (tertiary/aromatic N) is 2. The molecule has 0 heterocycles. The molecule has 0 saturated carbocycles. The average Bonchev–Trinajstić information content (AvgIpc) is 2.85. The maximum absolute atomic E-state index is 13.9. The number of sulfonamides is 1. The minimum Gasteiger partial charge on any atom is -0.350 e. The van der Waals surface area contributed by atoms with Crippen LogP contribution in [0.15, 0.2) is 83.8 Å². The minimum atomic E-state index is -4.15. The van der Waals surface area contributed by atoms with Crippen LogP contribution in [0.5, 0.6) is 0 Å². The van der Waals surface area contributed by atoms with E-state index in [0.29, 0.717) is 15.6 Å². The molecule has 1 unspecified atom stereocenters. The summed E-state index contributed by atoms with van der Waals surface area (Å²) < 4.78 is 28.4. The second kappa shape index (κ2) is 12.2. The van der Waals surface area contributed by atoms with E-state index in [0.717, 1.165) is 4.31 Å². The molecule has 0 aliphatic carbocycles. The molecule has 2 amide bonds. The SMILES string of the molecule is CC(C(=O)NC(C)(C)C)N(Cc1ccccc1Cl)C(=O)CN(c1cccc(Cl)c1)S(=O)(=O)c1ccccc1. The second-order valence-electron chi connectivity index (χ2n) is 9.83. The van der Waals surface area contributed by atoms with E-state index in [4.69, 9.17) is 23.2 Å². The van der Waals surface area contributed by atoms with E-state index in [2.05, 4.69) is 5.32 Å². The summed E-state index contributed by atoms with van der Waals surface area (Å²) in [5.74, 6) is -0.959. The first-order valence-corrected chi connectivity index (χ1v) is 14.2. The summed E-state index contributed by atoms with van der Waals surface area (Å²) >= 11 is 12.6. The summed E-state index contributed by atoms with van der Waals surface area (Å²) in [5.41, 5.74) is 0.311. The number of carbonyl (C=O) groups excluding carboxylic acids is 2. The number of hydrogen-bond acceptors (Lipinski definition) is 4. The van der Waals surface area contributed by atoms with Gasteiger partial charge < -0.3 is 10.2 Å². The van der Waals surface area contributed by atoms with E-state index in [1.165, 1.54) is 23.1 Å². The van der Waals surface area contributed by atoms with Gasteiger partial charge in [0.2, 0.25) is 11.8 Å². The molecular weight excluding hydrogens is 545 g/mol. The molecule has 0 fully saturated rings. The van der Waals surface area contributed by atoms with Gasteiger partial charge in [-0.25, -0.2) is 8.42 Å². The standard InChI is InChI=1S/C28H31Cl2N3O4S/c1-20(27(35)31-28(2,3)4)32(18-21-11-8-9-16-25(21)30)26(34)19-33(23-13-10-12-22(29)17-23)38(36,37)24-14-6-5-7-15-24/h5-17,20H,18-19H2,1-4H3,(H,31,35). The van der Waals surface area contributed by atoms with E-state index >= 15 is 0 Å². The van der Waals surface area contributed by atoms with Crippen LogP contribution >= 0.6 is 23.2 Å². The summed E-state index contributed by atoms with van der Waals surface area (Å²) in [7, 11) is -4.15. The third-order valence-corrected chi connectivity index (χ3v) is 8.06. The zero-order valence-electron chi connectivity index (χ0n) is 21.7. The first-order valence-electron chi connectivity index (χ1n) is 12.0. The Bertz CT molecular complexity index is 1390. The third-order valence-electron chi connectivity index (χ3n) is 5.67. The highest BCUT2D eigenvalue weighted by atomic mass is 35.5. The van der Waals surface area contributed by atoms with Crippen molar-refractivity contribution in [1.82, 2.24) is 10.2 Å². The van der Waals surface area contributed by atoms with Crippen LogP contribution in [0, 0.1) is 0 Å². The van der Waals surface area contributed by atoms with Crippen LogP contribution in [0.25, 0.3) is 0 Å². The van der Waals surface area contributed by atoms with Crippen molar-refractivity contribution in [3.63, 3.8) is 0 Å². The number of amides is 2. The maximum Gasteiger partial charge on any atom is 0.264 e. The van der Waals surface area contributed by atoms with E-state index < -0.39 is 34.1 Å². The van der Waals surface area contributed by atoms with Gasteiger partial charge in [0.25, 0.3) is 10.0 Å². The summed E-state index contributed by atoms with van der Waals surface area (Å²) in [4.78, 5) is 28.3. The first kappa shape index (κ1) is 29.5. The Morgan fingerprint density at radius 2 is 1.55 bits per heavy atom. The van der Waals surface area contributed by atoms with Gasteiger partial charge >= 0.3 is 0 Å². The molecule has 3 rings (SSSR count). The molecule has 0 aliphatic rings. The molecule has 0 saturated heterocycles. The van der Waals surface area contributed by atoms with Crippen molar-refractivity contribution in [1.29, 1.82) is 0 Å². The van der Waals surface area contributed by atoms with Crippen molar-refractivity contribution in [2.24, 2.45) is 0 Å². The molecule has 1 N–H and O–H groups in total. The fraction of sp³-hybridized carbons (Fsp3) is 0.286. The van der Waals surface area contributed by atoms with Gasteiger partial charge in [-0.05, 0) is 69.7 Å². The van der Waals surface area contributed by atoms with E-state index in [1.807, 2.05) is 20.8 Å².